The minimum absolute atomic E-state index is 0.0277. The van der Waals surface area contributed by atoms with Gasteiger partial charge in [-0.15, -0.1) is 0 Å². The summed E-state index contributed by atoms with van der Waals surface area (Å²) in [5, 5.41) is 6.80. The van der Waals surface area contributed by atoms with Crippen molar-refractivity contribution in [3.63, 3.8) is 0 Å². The summed E-state index contributed by atoms with van der Waals surface area (Å²) in [7, 11) is 1.47. The quantitative estimate of drug-likeness (QED) is 0.308. The normalized spacial score (nSPS) is 17.1. The molecule has 3 heterocycles. The van der Waals surface area contributed by atoms with Gasteiger partial charge in [0.1, 0.15) is 18.5 Å². The van der Waals surface area contributed by atoms with Gasteiger partial charge < -0.3 is 24.8 Å². The molecular weight excluding hydrogens is 513 g/mol. The standard InChI is InChI=1S/C27H23ClFN5O2S/c1-36-16-24(35)31-17-7-9-18(10-8-17)34-26(25(32-27(34)37)22-5-2-3-13-30-22)23-6-4-14-33(23)19-11-12-21(29)20(28)15-19/h2-15,25-26H,16H2,1H3,(H,31,35)(H,32,37)/t25-,26+/m1/s1. The molecule has 0 aliphatic carbocycles. The average molecular weight is 536 g/mol. The van der Waals surface area contributed by atoms with Crippen LogP contribution in [0.3, 0.4) is 0 Å². The maximum atomic E-state index is 13.9. The Morgan fingerprint density at radius 1 is 1.14 bits per heavy atom. The Morgan fingerprint density at radius 3 is 2.62 bits per heavy atom. The predicted octanol–water partition coefficient (Wildman–Crippen LogP) is 5.43. The van der Waals surface area contributed by atoms with Gasteiger partial charge >= 0.3 is 0 Å². The Morgan fingerprint density at radius 2 is 1.92 bits per heavy atom. The van der Waals surface area contributed by atoms with E-state index in [-0.39, 0.29) is 29.6 Å². The number of nitrogens with zero attached hydrogens (tertiary/aromatic N) is 3. The summed E-state index contributed by atoms with van der Waals surface area (Å²) < 4.78 is 20.7. The summed E-state index contributed by atoms with van der Waals surface area (Å²) in [5.74, 6) is -0.717. The number of nitrogens with one attached hydrogen (secondary N) is 2. The number of anilines is 2. The number of amides is 1. The van der Waals surface area contributed by atoms with Crippen molar-refractivity contribution in [3.8, 4) is 5.69 Å². The number of hydrogen-bond acceptors (Lipinski definition) is 4. The fourth-order valence-electron chi connectivity index (χ4n) is 4.47. The summed E-state index contributed by atoms with van der Waals surface area (Å²) >= 11 is 11.9. The molecule has 7 nitrogen and oxygen atoms in total. The largest absolute Gasteiger partial charge is 0.375 e. The van der Waals surface area contributed by atoms with Crippen molar-refractivity contribution < 1.29 is 13.9 Å². The van der Waals surface area contributed by atoms with E-state index in [2.05, 4.69) is 15.6 Å². The van der Waals surface area contributed by atoms with Crippen LogP contribution in [0, 0.1) is 5.82 Å². The molecule has 2 N–H and O–H groups in total. The molecule has 188 valence electrons. The average Bonchev–Trinajstić information content (AvgIpc) is 3.51. The third-order valence-electron chi connectivity index (χ3n) is 6.07. The van der Waals surface area contributed by atoms with Crippen LogP contribution < -0.4 is 15.5 Å². The van der Waals surface area contributed by atoms with Crippen molar-refractivity contribution in [2.75, 3.05) is 23.9 Å². The van der Waals surface area contributed by atoms with Gasteiger partial charge in [-0.05, 0) is 78.9 Å². The summed E-state index contributed by atoms with van der Waals surface area (Å²) in [6.45, 7) is -0.0277. The van der Waals surface area contributed by atoms with Crippen molar-refractivity contribution in [1.29, 1.82) is 0 Å². The number of thiocarbonyl (C=S) groups is 1. The fourth-order valence-corrected chi connectivity index (χ4v) is 4.99. The first-order valence-electron chi connectivity index (χ1n) is 11.5. The first kappa shape index (κ1) is 24.9. The van der Waals surface area contributed by atoms with E-state index in [0.717, 1.165) is 22.8 Å². The van der Waals surface area contributed by atoms with Gasteiger partial charge in [0.25, 0.3) is 0 Å². The lowest BCUT2D eigenvalue weighted by molar-refractivity contribution is -0.119. The van der Waals surface area contributed by atoms with E-state index in [4.69, 9.17) is 28.6 Å². The zero-order valence-corrected chi connectivity index (χ0v) is 21.3. The van der Waals surface area contributed by atoms with Gasteiger partial charge in [-0.1, -0.05) is 17.7 Å². The third kappa shape index (κ3) is 5.06. The van der Waals surface area contributed by atoms with Crippen LogP contribution in [0.1, 0.15) is 23.5 Å². The molecule has 4 aromatic rings. The van der Waals surface area contributed by atoms with Gasteiger partial charge in [-0.3, -0.25) is 9.78 Å². The number of pyridine rings is 1. The Kier molecular flexibility index (Phi) is 7.18. The lowest BCUT2D eigenvalue weighted by Gasteiger charge is -2.29. The maximum Gasteiger partial charge on any atom is 0.250 e. The van der Waals surface area contributed by atoms with Crippen LogP contribution in [0.2, 0.25) is 5.02 Å². The highest BCUT2D eigenvalue weighted by Crippen LogP contribution is 2.42. The number of carbonyl (C=O) groups excluding carboxylic acids is 1. The van der Waals surface area contributed by atoms with Crippen LogP contribution in [0.4, 0.5) is 15.8 Å². The second-order valence-electron chi connectivity index (χ2n) is 8.43. The van der Waals surface area contributed by atoms with E-state index < -0.39 is 5.82 Å². The van der Waals surface area contributed by atoms with Crippen molar-refractivity contribution in [2.45, 2.75) is 12.1 Å². The number of methoxy groups -OCH3 is 1. The number of ether oxygens (including phenoxy) is 1. The van der Waals surface area contributed by atoms with Gasteiger partial charge in [0.2, 0.25) is 5.91 Å². The zero-order valence-electron chi connectivity index (χ0n) is 19.8. The van der Waals surface area contributed by atoms with Gasteiger partial charge in [0.05, 0.1) is 16.8 Å². The van der Waals surface area contributed by atoms with Crippen LogP contribution in [-0.4, -0.2) is 34.3 Å². The molecule has 2 atom stereocenters. The summed E-state index contributed by atoms with van der Waals surface area (Å²) in [5.41, 5.74) is 3.93. The van der Waals surface area contributed by atoms with Crippen molar-refractivity contribution >= 4 is 46.2 Å². The van der Waals surface area contributed by atoms with Crippen molar-refractivity contribution in [2.24, 2.45) is 0 Å². The van der Waals surface area contributed by atoms with Gasteiger partial charge in [-0.25, -0.2) is 4.39 Å². The molecule has 0 radical (unpaired) electrons. The Bertz CT molecular complexity index is 1430. The smallest absolute Gasteiger partial charge is 0.250 e. The minimum atomic E-state index is -0.478. The van der Waals surface area contributed by atoms with E-state index in [1.54, 1.807) is 18.3 Å². The molecule has 0 saturated carbocycles. The van der Waals surface area contributed by atoms with Crippen LogP contribution in [0.25, 0.3) is 5.69 Å². The topological polar surface area (TPSA) is 71.4 Å². The van der Waals surface area contributed by atoms with E-state index in [0.29, 0.717) is 10.8 Å². The summed E-state index contributed by atoms with van der Waals surface area (Å²) in [4.78, 5) is 18.5. The zero-order chi connectivity index (χ0) is 25.9. The molecule has 0 bridgehead atoms. The number of carbonyl (C=O) groups is 1. The monoisotopic (exact) mass is 535 g/mol. The van der Waals surface area contributed by atoms with Crippen LogP contribution >= 0.6 is 23.8 Å². The molecule has 37 heavy (non-hydrogen) atoms. The van der Waals surface area contributed by atoms with Crippen LogP contribution in [0.15, 0.2) is 85.2 Å². The number of benzene rings is 2. The van der Waals surface area contributed by atoms with E-state index in [1.165, 1.54) is 13.2 Å². The maximum absolute atomic E-state index is 13.9. The molecule has 1 amide bonds. The van der Waals surface area contributed by atoms with Crippen LogP contribution in [-0.2, 0) is 9.53 Å². The highest BCUT2D eigenvalue weighted by molar-refractivity contribution is 7.80. The Labute approximate surface area is 223 Å². The molecule has 10 heteroatoms. The molecule has 1 fully saturated rings. The first-order chi connectivity index (χ1) is 18.0. The first-order valence-corrected chi connectivity index (χ1v) is 12.3. The third-order valence-corrected chi connectivity index (χ3v) is 6.67. The molecule has 1 aliphatic rings. The predicted molar refractivity (Wildman–Crippen MR) is 146 cm³/mol. The number of rotatable bonds is 7. The molecule has 5 rings (SSSR count). The van der Waals surface area contributed by atoms with Gasteiger partial charge in [-0.2, -0.15) is 0 Å². The summed E-state index contributed by atoms with van der Waals surface area (Å²) in [6.07, 6.45) is 3.65. The van der Waals surface area contributed by atoms with Crippen molar-refractivity contribution in [1.82, 2.24) is 14.9 Å². The molecule has 2 aromatic heterocycles. The highest BCUT2D eigenvalue weighted by atomic mass is 35.5. The van der Waals surface area contributed by atoms with Gasteiger partial charge in [0, 0.05) is 42.3 Å². The lowest BCUT2D eigenvalue weighted by Crippen LogP contribution is -2.30. The van der Waals surface area contributed by atoms with Gasteiger partial charge in [0.15, 0.2) is 5.11 Å². The molecule has 0 unspecified atom stereocenters. The minimum Gasteiger partial charge on any atom is -0.375 e. The fraction of sp³-hybridized carbons (Fsp3) is 0.148. The van der Waals surface area contributed by atoms with E-state index in [9.17, 15) is 9.18 Å². The number of halogens is 2. The summed E-state index contributed by atoms with van der Waals surface area (Å²) in [6, 6.07) is 21.2. The molecular formula is C27H23ClFN5O2S. The second kappa shape index (κ2) is 10.7. The van der Waals surface area contributed by atoms with E-state index >= 15 is 0 Å². The van der Waals surface area contributed by atoms with Crippen LogP contribution in [0.5, 0.6) is 0 Å². The van der Waals surface area contributed by atoms with E-state index in [1.807, 2.05) is 70.3 Å². The van der Waals surface area contributed by atoms with Crippen molar-refractivity contribution in [3.05, 3.63) is 107 Å². The highest BCUT2D eigenvalue weighted by Gasteiger charge is 2.42. The Hall–Kier alpha value is -3.79. The molecule has 1 saturated heterocycles. The number of hydrogen-bond donors (Lipinski definition) is 2. The Balaban J connectivity index is 1.57. The second-order valence-corrected chi connectivity index (χ2v) is 9.22. The lowest BCUT2D eigenvalue weighted by atomic mass is 10.0. The molecule has 0 spiro atoms. The molecule has 1 aliphatic heterocycles. The molecule has 2 aromatic carbocycles. The number of aromatic nitrogens is 2. The SMILES string of the molecule is COCC(=O)Nc1ccc(N2C(=S)N[C@H](c3ccccn3)[C@@H]2c2cccn2-c2ccc(F)c(Cl)c2)cc1.